The highest BCUT2D eigenvalue weighted by Crippen LogP contribution is 2.24. The first kappa shape index (κ1) is 13.7. The van der Waals surface area contributed by atoms with Gasteiger partial charge in [-0.1, -0.05) is 0 Å². The van der Waals surface area contributed by atoms with Gasteiger partial charge in [0.05, 0.1) is 11.0 Å². The van der Waals surface area contributed by atoms with Gasteiger partial charge in [-0.3, -0.25) is 5.32 Å². The van der Waals surface area contributed by atoms with Crippen LogP contribution in [0.3, 0.4) is 0 Å². The van der Waals surface area contributed by atoms with E-state index in [9.17, 15) is 4.79 Å². The fourth-order valence-electron chi connectivity index (χ4n) is 2.58. The molecule has 0 saturated carbocycles. The molecule has 0 radical (unpaired) electrons. The van der Waals surface area contributed by atoms with Crippen molar-refractivity contribution >= 4 is 28.7 Å². The number of fused-ring (bicyclic) bond motifs is 1. The molecule has 1 aliphatic heterocycles. The highest BCUT2D eigenvalue weighted by molar-refractivity contribution is 5.90. The van der Waals surface area contributed by atoms with E-state index < -0.39 is 0 Å². The fourth-order valence-corrected chi connectivity index (χ4v) is 2.58. The summed E-state index contributed by atoms with van der Waals surface area (Å²) < 4.78 is 0. The molecule has 1 aliphatic rings. The lowest BCUT2D eigenvalue weighted by Gasteiger charge is -2.17. The van der Waals surface area contributed by atoms with Gasteiger partial charge in [-0.25, -0.2) is 9.78 Å². The molecule has 1 fully saturated rings. The lowest BCUT2D eigenvalue weighted by molar-refractivity contribution is 0.252. The summed E-state index contributed by atoms with van der Waals surface area (Å²) in [6, 6.07) is 6.03. The highest BCUT2D eigenvalue weighted by Gasteiger charge is 2.19. The van der Waals surface area contributed by atoms with E-state index in [2.05, 4.69) is 31.6 Å². The third-order valence-corrected chi connectivity index (χ3v) is 3.63. The third-order valence-electron chi connectivity index (χ3n) is 3.63. The lowest BCUT2D eigenvalue weighted by atomic mass is 10.2. The Kier molecular flexibility index (Phi) is 3.66. The van der Waals surface area contributed by atoms with Crippen LogP contribution in [0.4, 0.5) is 16.4 Å². The zero-order valence-electron chi connectivity index (χ0n) is 12.0. The number of nitrogens with two attached hydrogens (primary N) is 1. The van der Waals surface area contributed by atoms with Crippen LogP contribution in [-0.2, 0) is 0 Å². The lowest BCUT2D eigenvalue weighted by Crippen LogP contribution is -2.28. The monoisotopic (exact) mass is 288 g/mol. The smallest absolute Gasteiger partial charge is 0.321 e. The van der Waals surface area contributed by atoms with Gasteiger partial charge in [0, 0.05) is 31.4 Å². The third kappa shape index (κ3) is 2.92. The van der Waals surface area contributed by atoms with Crippen LogP contribution in [0, 0.1) is 0 Å². The Morgan fingerprint density at radius 2 is 2.43 bits per heavy atom. The Morgan fingerprint density at radius 1 is 1.57 bits per heavy atom. The number of hydrogen-bond donors (Lipinski definition) is 4. The van der Waals surface area contributed by atoms with Crippen LogP contribution in [-0.4, -0.2) is 41.7 Å². The number of imidazole rings is 1. The van der Waals surface area contributed by atoms with Gasteiger partial charge in [0.25, 0.3) is 0 Å². The van der Waals surface area contributed by atoms with Crippen LogP contribution < -0.4 is 21.3 Å². The first-order chi connectivity index (χ1) is 10.2. The van der Waals surface area contributed by atoms with Gasteiger partial charge in [-0.05, 0) is 31.5 Å². The largest absolute Gasteiger partial charge is 0.370 e. The summed E-state index contributed by atoms with van der Waals surface area (Å²) in [7, 11) is 0. The predicted molar refractivity (Wildman–Crippen MR) is 83.6 cm³/mol. The van der Waals surface area contributed by atoms with Crippen molar-refractivity contribution in [1.29, 1.82) is 0 Å². The van der Waals surface area contributed by atoms with E-state index in [0.717, 1.165) is 36.2 Å². The number of aromatic nitrogens is 2. The summed E-state index contributed by atoms with van der Waals surface area (Å²) in [5, 5.41) is 5.35. The van der Waals surface area contributed by atoms with Crippen molar-refractivity contribution in [2.45, 2.75) is 19.4 Å². The topological polar surface area (TPSA) is 99.1 Å². The maximum absolute atomic E-state index is 11.5. The number of benzene rings is 1. The van der Waals surface area contributed by atoms with E-state index in [-0.39, 0.29) is 12.1 Å². The van der Waals surface area contributed by atoms with Crippen molar-refractivity contribution in [2.75, 3.05) is 29.9 Å². The standard InChI is InChI=1S/C14H20N6O/c1-2-16-14(21)19-13-17-11-4-3-10(7-12(11)18-13)20-6-5-9(15)8-20/h3-4,7,9H,2,5-6,8,15H2,1H3,(H3,16,17,18,19,21). The summed E-state index contributed by atoms with van der Waals surface area (Å²) in [5.41, 5.74) is 8.79. The minimum absolute atomic E-state index is 0.245. The van der Waals surface area contributed by atoms with E-state index in [4.69, 9.17) is 5.73 Å². The fraction of sp³-hybridized carbons (Fsp3) is 0.429. The molecule has 2 aromatic rings. The maximum atomic E-state index is 11.5. The number of nitrogens with zero attached hydrogens (tertiary/aromatic N) is 2. The maximum Gasteiger partial charge on any atom is 0.321 e. The molecule has 1 saturated heterocycles. The van der Waals surface area contributed by atoms with E-state index in [1.165, 1.54) is 0 Å². The van der Waals surface area contributed by atoms with Crippen LogP contribution in [0.25, 0.3) is 11.0 Å². The molecular formula is C14H20N6O. The van der Waals surface area contributed by atoms with Gasteiger partial charge in [-0.2, -0.15) is 0 Å². The molecule has 7 heteroatoms. The first-order valence-electron chi connectivity index (χ1n) is 7.21. The quantitative estimate of drug-likeness (QED) is 0.683. The molecule has 2 heterocycles. The zero-order valence-corrected chi connectivity index (χ0v) is 12.0. The van der Waals surface area contributed by atoms with Crippen LogP contribution in [0.2, 0.25) is 0 Å². The van der Waals surface area contributed by atoms with E-state index in [1.807, 2.05) is 19.1 Å². The van der Waals surface area contributed by atoms with Crippen molar-refractivity contribution in [3.05, 3.63) is 18.2 Å². The van der Waals surface area contributed by atoms with Crippen molar-refractivity contribution in [2.24, 2.45) is 5.73 Å². The molecule has 1 aromatic heterocycles. The second kappa shape index (κ2) is 5.61. The molecule has 3 rings (SSSR count). The molecule has 2 amide bonds. The van der Waals surface area contributed by atoms with Crippen molar-refractivity contribution in [3.63, 3.8) is 0 Å². The van der Waals surface area contributed by atoms with Gasteiger partial charge >= 0.3 is 6.03 Å². The van der Waals surface area contributed by atoms with Gasteiger partial charge in [-0.15, -0.1) is 0 Å². The molecule has 0 aliphatic carbocycles. The summed E-state index contributed by atoms with van der Waals surface area (Å²) in [5.74, 6) is 0.450. The number of rotatable bonds is 3. The number of amides is 2. The summed E-state index contributed by atoms with van der Waals surface area (Å²) in [6.45, 7) is 4.29. The molecule has 0 bridgehead atoms. The average Bonchev–Trinajstić information content (AvgIpc) is 3.03. The Bertz CT molecular complexity index is 652. The minimum Gasteiger partial charge on any atom is -0.370 e. The number of anilines is 2. The second-order valence-corrected chi connectivity index (χ2v) is 5.27. The Balaban J connectivity index is 1.80. The number of urea groups is 1. The molecule has 0 spiro atoms. The van der Waals surface area contributed by atoms with Crippen LogP contribution in [0.5, 0.6) is 0 Å². The van der Waals surface area contributed by atoms with Crippen LogP contribution in [0.1, 0.15) is 13.3 Å². The SMILES string of the molecule is CCNC(=O)Nc1nc2cc(N3CCC(N)C3)ccc2[nH]1. The summed E-state index contributed by atoms with van der Waals surface area (Å²) >= 11 is 0. The number of hydrogen-bond acceptors (Lipinski definition) is 4. The molecular weight excluding hydrogens is 268 g/mol. The Morgan fingerprint density at radius 3 is 3.14 bits per heavy atom. The number of carbonyl (C=O) groups is 1. The Hall–Kier alpha value is -2.28. The van der Waals surface area contributed by atoms with Gasteiger partial charge in [0.1, 0.15) is 0 Å². The van der Waals surface area contributed by atoms with E-state index in [1.54, 1.807) is 0 Å². The Labute approximate surface area is 122 Å². The van der Waals surface area contributed by atoms with Crippen molar-refractivity contribution in [3.8, 4) is 0 Å². The summed E-state index contributed by atoms with van der Waals surface area (Å²) in [6.07, 6.45) is 1.02. The minimum atomic E-state index is -0.262. The predicted octanol–water partition coefficient (Wildman–Crippen LogP) is 1.24. The van der Waals surface area contributed by atoms with Gasteiger partial charge < -0.3 is 20.9 Å². The average molecular weight is 288 g/mol. The van der Waals surface area contributed by atoms with Crippen molar-refractivity contribution in [1.82, 2.24) is 15.3 Å². The van der Waals surface area contributed by atoms with Crippen LogP contribution >= 0.6 is 0 Å². The number of carbonyl (C=O) groups excluding carboxylic acids is 1. The molecule has 1 aromatic carbocycles. The van der Waals surface area contributed by atoms with Crippen molar-refractivity contribution < 1.29 is 4.79 Å². The molecule has 21 heavy (non-hydrogen) atoms. The molecule has 1 atom stereocenters. The molecule has 7 nitrogen and oxygen atoms in total. The van der Waals surface area contributed by atoms with Crippen LogP contribution in [0.15, 0.2) is 18.2 Å². The molecule has 1 unspecified atom stereocenters. The number of nitrogens with one attached hydrogen (secondary N) is 3. The molecule has 112 valence electrons. The molecule has 5 N–H and O–H groups in total. The first-order valence-corrected chi connectivity index (χ1v) is 7.21. The highest BCUT2D eigenvalue weighted by atomic mass is 16.2. The number of aromatic amines is 1. The zero-order chi connectivity index (χ0) is 14.8. The van der Waals surface area contributed by atoms with E-state index >= 15 is 0 Å². The van der Waals surface area contributed by atoms with Gasteiger partial charge in [0.2, 0.25) is 5.95 Å². The normalized spacial score (nSPS) is 18.2. The number of H-pyrrole nitrogens is 1. The van der Waals surface area contributed by atoms with E-state index in [0.29, 0.717) is 12.5 Å². The summed E-state index contributed by atoms with van der Waals surface area (Å²) in [4.78, 5) is 21.2. The second-order valence-electron chi connectivity index (χ2n) is 5.27. The van der Waals surface area contributed by atoms with Gasteiger partial charge in [0.15, 0.2) is 0 Å².